The van der Waals surface area contributed by atoms with Crippen LogP contribution in [-0.4, -0.2) is 17.1 Å². The molecule has 3 nitrogen and oxygen atoms in total. The lowest BCUT2D eigenvalue weighted by atomic mass is 9.43. The number of hydrogen-bond acceptors (Lipinski definition) is 2. The molecule has 2 bridgehead atoms. The van der Waals surface area contributed by atoms with Crippen molar-refractivity contribution < 1.29 is 9.90 Å². The molecule has 0 saturated heterocycles. The van der Waals surface area contributed by atoms with Gasteiger partial charge >= 0.3 is 5.97 Å². The average Bonchev–Trinajstić information content (AvgIpc) is 1.74. The van der Waals surface area contributed by atoms with Crippen molar-refractivity contribution in [2.45, 2.75) is 31.7 Å². The van der Waals surface area contributed by atoms with Crippen LogP contribution < -0.4 is 5.73 Å². The van der Waals surface area contributed by atoms with Crippen molar-refractivity contribution in [3.8, 4) is 0 Å². The molecule has 70 valence electrons. The van der Waals surface area contributed by atoms with Crippen LogP contribution in [0.15, 0.2) is 0 Å². The number of nitrogens with two attached hydrogens (primary N) is 1. The van der Waals surface area contributed by atoms with Gasteiger partial charge in [-0.25, -0.2) is 0 Å². The van der Waals surface area contributed by atoms with E-state index in [1.54, 1.807) is 0 Å². The van der Waals surface area contributed by atoms with Crippen LogP contribution in [-0.2, 0) is 4.79 Å². The quantitative estimate of drug-likeness (QED) is 0.700. The molecule has 3 aliphatic carbocycles. The summed E-state index contributed by atoms with van der Waals surface area (Å²) in [5.74, 6) is 0.0609. The van der Waals surface area contributed by atoms with Gasteiger partial charge in [-0.2, -0.15) is 0 Å². The van der Waals surface area contributed by atoms with E-state index in [2.05, 4.69) is 0 Å². The lowest BCUT2D eigenvalue weighted by Crippen LogP contribution is -2.55. The van der Waals surface area contributed by atoms with E-state index in [1.165, 1.54) is 19.3 Å². The molecule has 0 radical (unpaired) electrons. The van der Waals surface area contributed by atoms with Crippen LogP contribution in [0.25, 0.3) is 0 Å². The Morgan fingerprint density at radius 2 is 2.08 bits per heavy atom. The number of carboxylic acids is 1. The maximum absolute atomic E-state index is 10.4. The van der Waals surface area contributed by atoms with Crippen molar-refractivity contribution >= 4 is 18.4 Å². The van der Waals surface area contributed by atoms with Crippen molar-refractivity contribution in [3.05, 3.63) is 0 Å². The first-order valence-electron chi connectivity index (χ1n) is 4.10. The lowest BCUT2D eigenvalue weighted by molar-refractivity contribution is -0.148. The maximum Gasteiger partial charge on any atom is 0.320 e. The fourth-order valence-corrected chi connectivity index (χ4v) is 2.46. The van der Waals surface area contributed by atoms with Gasteiger partial charge in [-0.15, -0.1) is 12.4 Å². The third-order valence-corrected chi connectivity index (χ3v) is 3.14. The summed E-state index contributed by atoms with van der Waals surface area (Å²) in [7, 11) is 0. The van der Waals surface area contributed by atoms with Gasteiger partial charge in [0.1, 0.15) is 6.04 Å². The molecule has 0 aromatic rings. The van der Waals surface area contributed by atoms with E-state index in [-0.39, 0.29) is 12.4 Å². The number of hydrogen-bond donors (Lipinski definition) is 2. The minimum atomic E-state index is -0.852. The molecule has 3 aliphatic rings. The smallest absolute Gasteiger partial charge is 0.320 e. The van der Waals surface area contributed by atoms with E-state index in [0.29, 0.717) is 11.8 Å². The van der Waals surface area contributed by atoms with Gasteiger partial charge in [0.05, 0.1) is 0 Å². The van der Waals surface area contributed by atoms with E-state index in [9.17, 15) is 4.79 Å². The Kier molecular flexibility index (Phi) is 2.36. The fourth-order valence-electron chi connectivity index (χ4n) is 2.46. The van der Waals surface area contributed by atoms with Gasteiger partial charge in [0.2, 0.25) is 0 Å². The van der Waals surface area contributed by atoms with E-state index < -0.39 is 12.0 Å². The fraction of sp³-hybridized carbons (Fsp3) is 0.875. The summed E-state index contributed by atoms with van der Waals surface area (Å²) in [4.78, 5) is 10.4. The first-order chi connectivity index (χ1) is 5.11. The van der Waals surface area contributed by atoms with Gasteiger partial charge < -0.3 is 10.8 Å². The summed E-state index contributed by atoms with van der Waals surface area (Å²) in [6.07, 6.45) is 4.38. The third-order valence-electron chi connectivity index (χ3n) is 3.14. The van der Waals surface area contributed by atoms with Crippen LogP contribution in [0.1, 0.15) is 25.7 Å². The predicted octanol–water partition coefficient (Wildman–Crippen LogP) is 1.01. The van der Waals surface area contributed by atoms with E-state index >= 15 is 0 Å². The van der Waals surface area contributed by atoms with Crippen LogP contribution in [0.2, 0.25) is 0 Å². The number of aliphatic carboxylic acids is 1. The second-order valence-electron chi connectivity index (χ2n) is 4.13. The Labute approximate surface area is 77.7 Å². The maximum atomic E-state index is 10.4. The normalized spacial score (nSPS) is 38.6. The summed E-state index contributed by atoms with van der Waals surface area (Å²) in [5, 5.41) is 8.56. The van der Waals surface area contributed by atoms with Crippen LogP contribution in [0.3, 0.4) is 0 Å². The summed E-state index contributed by atoms with van der Waals surface area (Å²) >= 11 is 0. The topological polar surface area (TPSA) is 63.3 Å². The largest absolute Gasteiger partial charge is 0.480 e. The van der Waals surface area contributed by atoms with Gasteiger partial charge in [-0.3, -0.25) is 4.79 Å². The van der Waals surface area contributed by atoms with Crippen molar-refractivity contribution in [3.63, 3.8) is 0 Å². The Morgan fingerprint density at radius 1 is 1.58 bits per heavy atom. The van der Waals surface area contributed by atoms with E-state index in [4.69, 9.17) is 10.8 Å². The van der Waals surface area contributed by atoms with Crippen molar-refractivity contribution in [1.82, 2.24) is 0 Å². The van der Waals surface area contributed by atoms with Gasteiger partial charge in [0.15, 0.2) is 0 Å². The minimum Gasteiger partial charge on any atom is -0.480 e. The molecule has 3 rings (SSSR count). The third kappa shape index (κ3) is 1.31. The van der Waals surface area contributed by atoms with Gasteiger partial charge in [0.25, 0.3) is 0 Å². The zero-order valence-electron chi connectivity index (χ0n) is 6.82. The highest BCUT2D eigenvalue weighted by Crippen LogP contribution is 2.66. The number of carbonyl (C=O) groups is 1. The molecule has 3 saturated carbocycles. The zero-order valence-corrected chi connectivity index (χ0v) is 7.64. The van der Waals surface area contributed by atoms with Crippen molar-refractivity contribution in [2.75, 3.05) is 0 Å². The highest BCUT2D eigenvalue weighted by Gasteiger charge is 2.56. The molecule has 12 heavy (non-hydrogen) atoms. The second-order valence-corrected chi connectivity index (χ2v) is 4.13. The number of rotatable bonds is 3. The summed E-state index contributed by atoms with van der Waals surface area (Å²) in [6.45, 7) is 0. The molecule has 3 N–H and O–H groups in total. The molecule has 1 atom stereocenters. The molecule has 0 heterocycles. The second kappa shape index (κ2) is 2.89. The Morgan fingerprint density at radius 3 is 2.33 bits per heavy atom. The summed E-state index contributed by atoms with van der Waals surface area (Å²) in [6, 6.07) is -0.628. The van der Waals surface area contributed by atoms with Crippen molar-refractivity contribution in [2.24, 2.45) is 17.1 Å². The molecule has 0 aromatic carbocycles. The molecular formula is C8H14ClNO2. The Balaban J connectivity index is 0.000000720. The monoisotopic (exact) mass is 191 g/mol. The predicted molar refractivity (Wildman–Crippen MR) is 47.3 cm³/mol. The number of halogens is 1. The SMILES string of the molecule is Cl.N[C@@H](CC12CC(C1)C2)C(=O)O. The van der Waals surface area contributed by atoms with Crippen LogP contribution in [0.5, 0.6) is 0 Å². The molecule has 0 spiro atoms. The zero-order chi connectivity index (χ0) is 8.06. The van der Waals surface area contributed by atoms with Crippen molar-refractivity contribution in [1.29, 1.82) is 0 Å². The molecule has 0 aliphatic heterocycles. The summed E-state index contributed by atoms with van der Waals surface area (Å²) < 4.78 is 0. The molecule has 4 heteroatoms. The highest BCUT2D eigenvalue weighted by atomic mass is 35.5. The Hall–Kier alpha value is -0.280. The Bertz CT molecular complexity index is 190. The van der Waals surface area contributed by atoms with Gasteiger partial charge in [-0.05, 0) is 37.0 Å². The lowest BCUT2D eigenvalue weighted by Gasteiger charge is -2.62. The first kappa shape index (κ1) is 9.81. The number of carboxylic acid groups (broad SMARTS) is 1. The molecule has 0 amide bonds. The highest BCUT2D eigenvalue weighted by molar-refractivity contribution is 5.85. The van der Waals surface area contributed by atoms with E-state index in [0.717, 1.165) is 5.92 Å². The van der Waals surface area contributed by atoms with Crippen LogP contribution in [0.4, 0.5) is 0 Å². The first-order valence-corrected chi connectivity index (χ1v) is 4.10. The molecule has 3 fully saturated rings. The van der Waals surface area contributed by atoms with Crippen LogP contribution >= 0.6 is 12.4 Å². The summed E-state index contributed by atoms with van der Waals surface area (Å²) in [5.41, 5.74) is 5.80. The average molecular weight is 192 g/mol. The van der Waals surface area contributed by atoms with Crippen LogP contribution in [0, 0.1) is 11.3 Å². The molecule has 0 unspecified atom stereocenters. The molecular weight excluding hydrogens is 178 g/mol. The van der Waals surface area contributed by atoms with E-state index in [1.807, 2.05) is 0 Å². The minimum absolute atomic E-state index is 0. The molecule has 0 aromatic heterocycles. The standard InChI is InChI=1S/C8H13NO2.ClH/c9-6(7(10)11)4-8-1-5(2-8)3-8;/h5-6H,1-4,9H2,(H,10,11);1H/t5?,6-,8?;/m0./s1. The van der Waals surface area contributed by atoms with Gasteiger partial charge in [0, 0.05) is 0 Å². The van der Waals surface area contributed by atoms with Gasteiger partial charge in [-0.1, -0.05) is 0 Å².